The van der Waals surface area contributed by atoms with Gasteiger partial charge in [-0.1, -0.05) is 60.2 Å². The van der Waals surface area contributed by atoms with Crippen LogP contribution in [-0.2, 0) is 6.54 Å². The van der Waals surface area contributed by atoms with Gasteiger partial charge in [-0.25, -0.2) is 0 Å². The molecule has 0 aliphatic rings. The topological polar surface area (TPSA) is 58.2 Å². The van der Waals surface area contributed by atoms with Gasteiger partial charge in [0.1, 0.15) is 0 Å². The van der Waals surface area contributed by atoms with E-state index < -0.39 is 0 Å². The standard InChI is InChI=1S/C22H20N2O2/c1-16-8-7-11-18(14-16)21(25)24-20-13-6-5-12-19(20)22(26)23-15-17-9-3-2-4-10-17/h2-14H,15H2,1H3,(H,23,26)(H,24,25). The molecule has 26 heavy (non-hydrogen) atoms. The summed E-state index contributed by atoms with van der Waals surface area (Å²) in [5.74, 6) is -0.467. The number of carbonyl (C=O) groups is 2. The number of hydrogen-bond acceptors (Lipinski definition) is 2. The van der Waals surface area contributed by atoms with Crippen LogP contribution in [0.2, 0.25) is 0 Å². The van der Waals surface area contributed by atoms with E-state index in [2.05, 4.69) is 10.6 Å². The number of rotatable bonds is 5. The van der Waals surface area contributed by atoms with Crippen LogP contribution in [0.5, 0.6) is 0 Å². The maximum Gasteiger partial charge on any atom is 0.255 e. The van der Waals surface area contributed by atoms with Crippen LogP contribution >= 0.6 is 0 Å². The van der Waals surface area contributed by atoms with Crippen molar-refractivity contribution in [2.45, 2.75) is 13.5 Å². The van der Waals surface area contributed by atoms with Gasteiger partial charge in [0.15, 0.2) is 0 Å². The fraction of sp³-hybridized carbons (Fsp3) is 0.0909. The van der Waals surface area contributed by atoms with Gasteiger partial charge >= 0.3 is 0 Å². The van der Waals surface area contributed by atoms with Gasteiger partial charge in [-0.05, 0) is 36.8 Å². The molecule has 2 N–H and O–H groups in total. The summed E-state index contributed by atoms with van der Waals surface area (Å²) in [6.07, 6.45) is 0. The zero-order chi connectivity index (χ0) is 18.4. The molecular weight excluding hydrogens is 324 g/mol. The lowest BCUT2D eigenvalue weighted by molar-refractivity contribution is 0.0952. The molecule has 130 valence electrons. The lowest BCUT2D eigenvalue weighted by atomic mass is 10.1. The Hall–Kier alpha value is -3.40. The molecule has 0 heterocycles. The zero-order valence-electron chi connectivity index (χ0n) is 14.5. The first kappa shape index (κ1) is 17.4. The molecule has 0 aliphatic heterocycles. The Morgan fingerprint density at radius 3 is 2.31 bits per heavy atom. The molecule has 0 saturated heterocycles. The molecule has 3 rings (SSSR count). The number of hydrogen-bond donors (Lipinski definition) is 2. The SMILES string of the molecule is Cc1cccc(C(=O)Nc2ccccc2C(=O)NCc2ccccc2)c1. The van der Waals surface area contributed by atoms with Gasteiger partial charge in [0.2, 0.25) is 0 Å². The van der Waals surface area contributed by atoms with Crippen molar-refractivity contribution in [2.24, 2.45) is 0 Å². The molecule has 3 aromatic rings. The summed E-state index contributed by atoms with van der Waals surface area (Å²) in [5, 5.41) is 5.72. The molecule has 2 amide bonds. The van der Waals surface area contributed by atoms with Crippen LogP contribution < -0.4 is 10.6 Å². The Labute approximate surface area is 152 Å². The van der Waals surface area contributed by atoms with Crippen LogP contribution in [-0.4, -0.2) is 11.8 Å². The predicted octanol–water partition coefficient (Wildman–Crippen LogP) is 4.18. The van der Waals surface area contributed by atoms with Gasteiger partial charge in [0.25, 0.3) is 11.8 Å². The number of benzene rings is 3. The predicted molar refractivity (Wildman–Crippen MR) is 103 cm³/mol. The fourth-order valence-electron chi connectivity index (χ4n) is 2.64. The highest BCUT2D eigenvalue weighted by Gasteiger charge is 2.14. The highest BCUT2D eigenvalue weighted by atomic mass is 16.2. The third-order valence-corrected chi connectivity index (χ3v) is 4.00. The van der Waals surface area contributed by atoms with Crippen molar-refractivity contribution < 1.29 is 9.59 Å². The zero-order valence-corrected chi connectivity index (χ0v) is 14.5. The van der Waals surface area contributed by atoms with Crippen molar-refractivity contribution >= 4 is 17.5 Å². The molecule has 0 unspecified atom stereocenters. The molecule has 0 aromatic heterocycles. The van der Waals surface area contributed by atoms with Gasteiger partial charge in [-0.2, -0.15) is 0 Å². The molecule has 0 saturated carbocycles. The van der Waals surface area contributed by atoms with Gasteiger partial charge in [0.05, 0.1) is 11.3 Å². The van der Waals surface area contributed by atoms with Crippen molar-refractivity contribution in [3.63, 3.8) is 0 Å². The van der Waals surface area contributed by atoms with Crippen molar-refractivity contribution in [3.8, 4) is 0 Å². The lowest BCUT2D eigenvalue weighted by Gasteiger charge is -2.12. The van der Waals surface area contributed by atoms with E-state index in [1.54, 1.807) is 30.3 Å². The normalized spacial score (nSPS) is 10.2. The highest BCUT2D eigenvalue weighted by Crippen LogP contribution is 2.17. The molecule has 0 aliphatic carbocycles. The average Bonchev–Trinajstić information content (AvgIpc) is 2.67. The molecule has 0 fully saturated rings. The van der Waals surface area contributed by atoms with Crippen molar-refractivity contribution in [1.82, 2.24) is 5.32 Å². The Morgan fingerprint density at radius 2 is 1.54 bits per heavy atom. The first-order chi connectivity index (χ1) is 12.6. The van der Waals surface area contributed by atoms with Crippen LogP contribution in [0, 0.1) is 6.92 Å². The number of amides is 2. The van der Waals surface area contributed by atoms with Gasteiger partial charge < -0.3 is 10.6 Å². The highest BCUT2D eigenvalue weighted by molar-refractivity contribution is 6.09. The van der Waals surface area contributed by atoms with E-state index in [1.807, 2.05) is 55.5 Å². The first-order valence-corrected chi connectivity index (χ1v) is 8.42. The Bertz CT molecular complexity index is 920. The molecular formula is C22H20N2O2. The largest absolute Gasteiger partial charge is 0.348 e. The Balaban J connectivity index is 1.73. The molecule has 0 bridgehead atoms. The quantitative estimate of drug-likeness (QED) is 0.729. The van der Waals surface area contributed by atoms with Gasteiger partial charge in [0, 0.05) is 12.1 Å². The minimum Gasteiger partial charge on any atom is -0.348 e. The summed E-state index contributed by atoms with van der Waals surface area (Å²) in [7, 11) is 0. The molecule has 4 nitrogen and oxygen atoms in total. The minimum atomic E-state index is -0.239. The fourth-order valence-corrected chi connectivity index (χ4v) is 2.64. The monoisotopic (exact) mass is 344 g/mol. The van der Waals surface area contributed by atoms with Crippen LogP contribution in [0.25, 0.3) is 0 Å². The van der Waals surface area contributed by atoms with Crippen LogP contribution in [0.4, 0.5) is 5.69 Å². The van der Waals surface area contributed by atoms with Crippen LogP contribution in [0.3, 0.4) is 0 Å². The van der Waals surface area contributed by atoms with E-state index in [4.69, 9.17) is 0 Å². The van der Waals surface area contributed by atoms with Gasteiger partial charge in [-0.15, -0.1) is 0 Å². The van der Waals surface area contributed by atoms with E-state index in [1.165, 1.54) is 0 Å². The van der Waals surface area contributed by atoms with Crippen molar-refractivity contribution in [1.29, 1.82) is 0 Å². The molecule has 4 heteroatoms. The van der Waals surface area contributed by atoms with Crippen molar-refractivity contribution in [2.75, 3.05) is 5.32 Å². The maximum absolute atomic E-state index is 12.5. The second-order valence-electron chi connectivity index (χ2n) is 6.04. The second kappa shape index (κ2) is 8.12. The van der Waals surface area contributed by atoms with E-state index in [0.717, 1.165) is 11.1 Å². The number of aryl methyl sites for hydroxylation is 1. The van der Waals surface area contributed by atoms with Gasteiger partial charge in [-0.3, -0.25) is 9.59 Å². The summed E-state index contributed by atoms with van der Waals surface area (Å²) in [6.45, 7) is 2.36. The summed E-state index contributed by atoms with van der Waals surface area (Å²) >= 11 is 0. The number of nitrogens with one attached hydrogen (secondary N) is 2. The van der Waals surface area contributed by atoms with E-state index >= 15 is 0 Å². The first-order valence-electron chi connectivity index (χ1n) is 8.42. The molecule has 3 aromatic carbocycles. The minimum absolute atomic E-state index is 0.228. The number of carbonyl (C=O) groups excluding carboxylic acids is 2. The molecule has 0 atom stereocenters. The third kappa shape index (κ3) is 4.36. The summed E-state index contributed by atoms with van der Waals surface area (Å²) in [5.41, 5.74) is 3.51. The van der Waals surface area contributed by atoms with E-state index in [0.29, 0.717) is 23.4 Å². The Kier molecular flexibility index (Phi) is 5.44. The van der Waals surface area contributed by atoms with Crippen molar-refractivity contribution in [3.05, 3.63) is 101 Å². The number of anilines is 1. The third-order valence-electron chi connectivity index (χ3n) is 4.00. The van der Waals surface area contributed by atoms with Crippen LogP contribution in [0.1, 0.15) is 31.8 Å². The summed E-state index contributed by atoms with van der Waals surface area (Å²) in [4.78, 5) is 25.0. The summed E-state index contributed by atoms with van der Waals surface area (Å²) < 4.78 is 0. The van der Waals surface area contributed by atoms with Crippen LogP contribution in [0.15, 0.2) is 78.9 Å². The second-order valence-corrected chi connectivity index (χ2v) is 6.04. The smallest absolute Gasteiger partial charge is 0.255 e. The lowest BCUT2D eigenvalue weighted by Crippen LogP contribution is -2.24. The molecule has 0 spiro atoms. The Morgan fingerprint density at radius 1 is 0.808 bits per heavy atom. The number of para-hydroxylation sites is 1. The average molecular weight is 344 g/mol. The molecule has 0 radical (unpaired) electrons. The maximum atomic E-state index is 12.5. The summed E-state index contributed by atoms with van der Waals surface area (Å²) in [6, 6.07) is 24.0. The van der Waals surface area contributed by atoms with E-state index in [9.17, 15) is 9.59 Å². The van der Waals surface area contributed by atoms with E-state index in [-0.39, 0.29) is 11.8 Å².